The van der Waals surface area contributed by atoms with E-state index < -0.39 is 0 Å². The Kier molecular flexibility index (Phi) is 3.19. The van der Waals surface area contributed by atoms with Gasteiger partial charge in [0.1, 0.15) is 5.75 Å². The average Bonchev–Trinajstić information content (AvgIpc) is 2.07. The largest absolute Gasteiger partial charge is 0.506 e. The second kappa shape index (κ2) is 3.88. The molecule has 0 aliphatic rings. The van der Waals surface area contributed by atoms with Crippen LogP contribution in [0.4, 0.5) is 0 Å². The maximum absolute atomic E-state index is 10.7. The molecule has 0 aliphatic heterocycles. The predicted octanol–water partition coefficient (Wildman–Crippen LogP) is 3.11. The van der Waals surface area contributed by atoms with Crippen LogP contribution in [0, 0.1) is 3.57 Å². The number of hydrogen-bond acceptors (Lipinski definition) is 2. The summed E-state index contributed by atoms with van der Waals surface area (Å²) >= 11 is 2.03. The molecule has 0 amide bonds. The van der Waals surface area contributed by atoms with Gasteiger partial charge in [0.15, 0.2) is 6.29 Å². The van der Waals surface area contributed by atoms with Gasteiger partial charge in [0.2, 0.25) is 0 Å². The van der Waals surface area contributed by atoms with Gasteiger partial charge in [-0.2, -0.15) is 0 Å². The summed E-state index contributed by atoms with van der Waals surface area (Å²) in [7, 11) is 0. The summed E-state index contributed by atoms with van der Waals surface area (Å²) in [5.41, 5.74) is 1.41. The first-order valence-corrected chi connectivity index (χ1v) is 5.42. The predicted molar refractivity (Wildman–Crippen MR) is 64.9 cm³/mol. The Hall–Kier alpha value is -0.580. The molecule has 0 unspecified atom stereocenters. The van der Waals surface area contributed by atoms with Crippen molar-refractivity contribution in [3.63, 3.8) is 0 Å². The Balaban J connectivity index is 3.37. The zero-order valence-corrected chi connectivity index (χ0v) is 10.6. The molecule has 3 heteroatoms. The van der Waals surface area contributed by atoms with E-state index in [0.29, 0.717) is 11.8 Å². The monoisotopic (exact) mass is 304 g/mol. The molecule has 2 nitrogen and oxygen atoms in total. The van der Waals surface area contributed by atoms with Crippen LogP contribution in [0.2, 0.25) is 0 Å². The zero-order chi connectivity index (χ0) is 10.9. The summed E-state index contributed by atoms with van der Waals surface area (Å²) in [5, 5.41) is 9.55. The van der Waals surface area contributed by atoms with E-state index in [4.69, 9.17) is 0 Å². The number of carbonyl (C=O) groups is 1. The Bertz CT molecular complexity index is 364. The first kappa shape index (κ1) is 11.5. The third kappa shape index (κ3) is 2.26. The molecule has 1 aromatic carbocycles. The molecule has 14 heavy (non-hydrogen) atoms. The number of aldehydes is 1. The molecule has 1 N–H and O–H groups in total. The number of hydrogen-bond donors (Lipinski definition) is 1. The van der Waals surface area contributed by atoms with Crippen molar-refractivity contribution in [1.29, 1.82) is 0 Å². The van der Waals surface area contributed by atoms with Crippen molar-refractivity contribution in [2.75, 3.05) is 0 Å². The molecule has 0 radical (unpaired) electrons. The number of phenols is 1. The second-order valence-electron chi connectivity index (χ2n) is 4.26. The van der Waals surface area contributed by atoms with Gasteiger partial charge in [0.25, 0.3) is 0 Å². The van der Waals surface area contributed by atoms with Crippen LogP contribution in [0.25, 0.3) is 0 Å². The third-order valence-corrected chi connectivity index (χ3v) is 2.91. The van der Waals surface area contributed by atoms with Gasteiger partial charge in [-0.25, -0.2) is 0 Å². The smallest absolute Gasteiger partial charge is 0.153 e. The second-order valence-corrected chi connectivity index (χ2v) is 5.43. The maximum Gasteiger partial charge on any atom is 0.153 e. The minimum absolute atomic E-state index is 0.00855. The highest BCUT2D eigenvalue weighted by Gasteiger charge is 2.17. The van der Waals surface area contributed by atoms with E-state index in [1.54, 1.807) is 6.07 Å². The van der Waals surface area contributed by atoms with Crippen molar-refractivity contribution in [3.05, 3.63) is 26.8 Å². The fourth-order valence-electron chi connectivity index (χ4n) is 1.14. The summed E-state index contributed by atoms with van der Waals surface area (Å²) in [6.45, 7) is 6.22. The van der Waals surface area contributed by atoms with Gasteiger partial charge < -0.3 is 5.11 Å². The van der Waals surface area contributed by atoms with Gasteiger partial charge >= 0.3 is 0 Å². The van der Waals surface area contributed by atoms with Gasteiger partial charge in [-0.15, -0.1) is 0 Å². The minimum Gasteiger partial charge on any atom is -0.506 e. The van der Waals surface area contributed by atoms with Crippen molar-refractivity contribution in [2.24, 2.45) is 0 Å². The van der Waals surface area contributed by atoms with Crippen LogP contribution in [0.5, 0.6) is 5.75 Å². The Labute approximate surface area is 97.5 Å². The van der Waals surface area contributed by atoms with Gasteiger partial charge in [-0.1, -0.05) is 20.8 Å². The molecule has 0 aromatic heterocycles. The molecular formula is C11H13IO2. The van der Waals surface area contributed by atoms with E-state index >= 15 is 0 Å². The molecule has 1 rings (SSSR count). The van der Waals surface area contributed by atoms with E-state index in [1.165, 1.54) is 0 Å². The van der Waals surface area contributed by atoms with Crippen LogP contribution in [0.1, 0.15) is 36.7 Å². The first-order chi connectivity index (χ1) is 6.36. The number of carbonyl (C=O) groups excluding carboxylic acids is 1. The van der Waals surface area contributed by atoms with Crippen LogP contribution < -0.4 is 0 Å². The fraction of sp³-hybridized carbons (Fsp3) is 0.364. The molecule has 1 aromatic rings. The summed E-state index contributed by atoms with van der Waals surface area (Å²) < 4.78 is 0.720. The minimum atomic E-state index is -0.00855. The Morgan fingerprint density at radius 3 is 2.36 bits per heavy atom. The van der Waals surface area contributed by atoms with Crippen LogP contribution in [0.3, 0.4) is 0 Å². The number of rotatable bonds is 1. The van der Waals surface area contributed by atoms with E-state index in [1.807, 2.05) is 28.7 Å². The van der Waals surface area contributed by atoms with Crippen molar-refractivity contribution in [2.45, 2.75) is 26.2 Å². The molecule has 0 fully saturated rings. The molecule has 76 valence electrons. The highest BCUT2D eigenvalue weighted by molar-refractivity contribution is 14.1. The summed E-state index contributed by atoms with van der Waals surface area (Å²) in [4.78, 5) is 10.7. The lowest BCUT2D eigenvalue weighted by molar-refractivity contribution is 0.112. The first-order valence-electron chi connectivity index (χ1n) is 4.34. The Morgan fingerprint density at radius 1 is 1.36 bits per heavy atom. The maximum atomic E-state index is 10.7. The average molecular weight is 304 g/mol. The van der Waals surface area contributed by atoms with Gasteiger partial charge in [0, 0.05) is 0 Å². The number of halogens is 1. The quantitative estimate of drug-likeness (QED) is 0.639. The number of phenolic OH excluding ortho intramolecular Hbond substituents is 1. The van der Waals surface area contributed by atoms with Gasteiger partial charge in [0.05, 0.1) is 9.13 Å². The number of benzene rings is 1. The third-order valence-electron chi connectivity index (χ3n) is 2.09. The molecule has 0 saturated carbocycles. The summed E-state index contributed by atoms with van der Waals surface area (Å²) in [5.74, 6) is 0.0774. The summed E-state index contributed by atoms with van der Waals surface area (Å²) in [6.07, 6.45) is 0.687. The lowest BCUT2D eigenvalue weighted by atomic mass is 9.86. The molecule has 0 spiro atoms. The van der Waals surface area contributed by atoms with Crippen LogP contribution in [-0.2, 0) is 5.41 Å². The van der Waals surface area contributed by atoms with E-state index in [2.05, 4.69) is 20.8 Å². The molecule has 0 atom stereocenters. The van der Waals surface area contributed by atoms with E-state index in [-0.39, 0.29) is 11.2 Å². The highest BCUT2D eigenvalue weighted by atomic mass is 127. The van der Waals surface area contributed by atoms with Crippen LogP contribution in [0.15, 0.2) is 12.1 Å². The fourth-order valence-corrected chi connectivity index (χ4v) is 1.79. The van der Waals surface area contributed by atoms with Crippen molar-refractivity contribution in [3.8, 4) is 5.75 Å². The van der Waals surface area contributed by atoms with Crippen LogP contribution in [-0.4, -0.2) is 11.4 Å². The van der Waals surface area contributed by atoms with Crippen LogP contribution >= 0.6 is 22.6 Å². The van der Waals surface area contributed by atoms with Crippen molar-refractivity contribution >= 4 is 28.9 Å². The van der Waals surface area contributed by atoms with Gasteiger partial charge in [-0.3, -0.25) is 4.79 Å². The molecular weight excluding hydrogens is 291 g/mol. The SMILES string of the molecule is CC(C)(C)c1cc(I)c(O)c(C=O)c1. The standard InChI is InChI=1S/C11H13IO2/c1-11(2,3)8-4-7(6-13)10(14)9(12)5-8/h4-6,14H,1-3H3. The normalized spacial score (nSPS) is 11.4. The van der Waals surface area contributed by atoms with E-state index in [9.17, 15) is 9.90 Å². The molecule has 0 bridgehead atoms. The van der Waals surface area contributed by atoms with Crippen molar-refractivity contribution in [1.82, 2.24) is 0 Å². The molecule has 0 aliphatic carbocycles. The van der Waals surface area contributed by atoms with Gasteiger partial charge in [-0.05, 0) is 45.7 Å². The molecule has 0 heterocycles. The summed E-state index contributed by atoms with van der Waals surface area (Å²) in [6, 6.07) is 3.65. The topological polar surface area (TPSA) is 37.3 Å². The highest BCUT2D eigenvalue weighted by Crippen LogP contribution is 2.30. The zero-order valence-electron chi connectivity index (χ0n) is 8.47. The molecule has 0 saturated heterocycles. The van der Waals surface area contributed by atoms with E-state index in [0.717, 1.165) is 9.13 Å². The number of aromatic hydroxyl groups is 1. The lowest BCUT2D eigenvalue weighted by Crippen LogP contribution is -2.11. The van der Waals surface area contributed by atoms with Crippen molar-refractivity contribution < 1.29 is 9.90 Å². The lowest BCUT2D eigenvalue weighted by Gasteiger charge is -2.20. The Morgan fingerprint density at radius 2 is 1.93 bits per heavy atom.